The highest BCUT2D eigenvalue weighted by Crippen LogP contribution is 2.22. The molecule has 3 aromatic rings. The van der Waals surface area contributed by atoms with E-state index in [-0.39, 0.29) is 17.8 Å². The zero-order valence-corrected chi connectivity index (χ0v) is 14.4. The van der Waals surface area contributed by atoms with Crippen LogP contribution in [0.25, 0.3) is 11.3 Å². The molecule has 0 aliphatic carbocycles. The Balaban J connectivity index is 1.76. The zero-order valence-electron chi connectivity index (χ0n) is 14.4. The van der Waals surface area contributed by atoms with Crippen molar-refractivity contribution in [1.29, 1.82) is 0 Å². The van der Waals surface area contributed by atoms with Crippen molar-refractivity contribution in [1.82, 2.24) is 15.5 Å². The van der Waals surface area contributed by atoms with Gasteiger partial charge in [-0.25, -0.2) is 4.39 Å². The Labute approximate surface area is 150 Å². The summed E-state index contributed by atoms with van der Waals surface area (Å²) >= 11 is 0. The first-order chi connectivity index (χ1) is 12.5. The SMILES string of the molecule is CC(C)NC(=O)c1cccc(-c2ccc(Oc3ccc(F)cc3)nn2)c1. The van der Waals surface area contributed by atoms with Gasteiger partial charge in [-0.15, -0.1) is 10.2 Å². The lowest BCUT2D eigenvalue weighted by molar-refractivity contribution is 0.0943. The molecule has 5 nitrogen and oxygen atoms in total. The highest BCUT2D eigenvalue weighted by Gasteiger charge is 2.09. The Hall–Kier alpha value is -3.28. The van der Waals surface area contributed by atoms with Crippen molar-refractivity contribution < 1.29 is 13.9 Å². The number of benzene rings is 2. The number of carbonyl (C=O) groups is 1. The molecule has 2 aromatic carbocycles. The van der Waals surface area contributed by atoms with E-state index >= 15 is 0 Å². The van der Waals surface area contributed by atoms with Gasteiger partial charge in [0.2, 0.25) is 5.88 Å². The molecule has 1 amide bonds. The maximum absolute atomic E-state index is 12.9. The summed E-state index contributed by atoms with van der Waals surface area (Å²) in [5.74, 6) is 0.307. The average molecular weight is 351 g/mol. The van der Waals surface area contributed by atoms with Crippen molar-refractivity contribution in [2.45, 2.75) is 19.9 Å². The summed E-state index contributed by atoms with van der Waals surface area (Å²) in [5.41, 5.74) is 1.96. The van der Waals surface area contributed by atoms with Crippen molar-refractivity contribution in [2.24, 2.45) is 0 Å². The van der Waals surface area contributed by atoms with Crippen LogP contribution < -0.4 is 10.1 Å². The van der Waals surface area contributed by atoms with Crippen LogP contribution in [0.4, 0.5) is 4.39 Å². The van der Waals surface area contributed by atoms with E-state index in [1.54, 1.807) is 30.3 Å². The molecule has 0 aliphatic rings. The number of nitrogens with one attached hydrogen (secondary N) is 1. The molecule has 0 radical (unpaired) electrons. The standard InChI is InChI=1S/C20H18FN3O2/c1-13(2)22-20(25)15-5-3-4-14(12-15)18-10-11-19(24-23-18)26-17-8-6-16(21)7-9-17/h3-13H,1-2H3,(H,22,25). The van der Waals surface area contributed by atoms with Gasteiger partial charge in [-0.3, -0.25) is 4.79 Å². The van der Waals surface area contributed by atoms with E-state index in [0.717, 1.165) is 5.56 Å². The molecule has 0 saturated carbocycles. The van der Waals surface area contributed by atoms with Crippen LogP contribution in [-0.2, 0) is 0 Å². The fourth-order valence-electron chi connectivity index (χ4n) is 2.32. The van der Waals surface area contributed by atoms with Gasteiger partial charge in [-0.05, 0) is 56.3 Å². The van der Waals surface area contributed by atoms with Crippen molar-refractivity contribution in [3.63, 3.8) is 0 Å². The lowest BCUT2D eigenvalue weighted by atomic mass is 10.1. The summed E-state index contributed by atoms with van der Waals surface area (Å²) in [6.45, 7) is 3.82. The Morgan fingerprint density at radius 2 is 1.81 bits per heavy atom. The molecule has 1 aromatic heterocycles. The van der Waals surface area contributed by atoms with Gasteiger partial charge >= 0.3 is 0 Å². The molecule has 0 spiro atoms. The highest BCUT2D eigenvalue weighted by atomic mass is 19.1. The van der Waals surface area contributed by atoms with Crippen molar-refractivity contribution in [3.8, 4) is 22.9 Å². The van der Waals surface area contributed by atoms with Crippen LogP contribution in [0.15, 0.2) is 60.7 Å². The second-order valence-electron chi connectivity index (χ2n) is 6.02. The lowest BCUT2D eigenvalue weighted by Crippen LogP contribution is -2.30. The van der Waals surface area contributed by atoms with Crippen LogP contribution in [-0.4, -0.2) is 22.1 Å². The normalized spacial score (nSPS) is 10.6. The van der Waals surface area contributed by atoms with Crippen LogP contribution in [0.1, 0.15) is 24.2 Å². The highest BCUT2D eigenvalue weighted by molar-refractivity contribution is 5.95. The Morgan fingerprint density at radius 1 is 1.04 bits per heavy atom. The number of nitrogens with zero attached hydrogens (tertiary/aromatic N) is 2. The molecule has 26 heavy (non-hydrogen) atoms. The summed E-state index contributed by atoms with van der Waals surface area (Å²) in [6.07, 6.45) is 0. The van der Waals surface area contributed by atoms with E-state index < -0.39 is 0 Å². The number of amides is 1. The summed E-state index contributed by atoms with van der Waals surface area (Å²) in [5, 5.41) is 11.0. The fraction of sp³-hybridized carbons (Fsp3) is 0.150. The first-order valence-electron chi connectivity index (χ1n) is 8.20. The molecule has 0 bridgehead atoms. The van der Waals surface area contributed by atoms with Gasteiger partial charge in [0.25, 0.3) is 5.91 Å². The third-order valence-corrected chi connectivity index (χ3v) is 3.52. The largest absolute Gasteiger partial charge is 0.438 e. The summed E-state index contributed by atoms with van der Waals surface area (Å²) in [7, 11) is 0. The van der Waals surface area contributed by atoms with Gasteiger partial charge in [0.15, 0.2) is 0 Å². The molecule has 0 fully saturated rings. The topological polar surface area (TPSA) is 64.1 Å². The smallest absolute Gasteiger partial charge is 0.251 e. The Morgan fingerprint density at radius 3 is 2.46 bits per heavy atom. The van der Waals surface area contributed by atoms with Gasteiger partial charge in [-0.2, -0.15) is 0 Å². The van der Waals surface area contributed by atoms with Gasteiger partial charge in [0, 0.05) is 23.2 Å². The van der Waals surface area contributed by atoms with E-state index in [0.29, 0.717) is 22.9 Å². The quantitative estimate of drug-likeness (QED) is 0.748. The number of hydrogen-bond donors (Lipinski definition) is 1. The fourth-order valence-corrected chi connectivity index (χ4v) is 2.32. The first kappa shape index (κ1) is 17.5. The van der Waals surface area contributed by atoms with E-state index in [9.17, 15) is 9.18 Å². The predicted octanol–water partition coefficient (Wildman–Crippen LogP) is 4.21. The van der Waals surface area contributed by atoms with Gasteiger partial charge < -0.3 is 10.1 Å². The van der Waals surface area contributed by atoms with Crippen LogP contribution in [0.3, 0.4) is 0 Å². The number of rotatable bonds is 5. The second-order valence-corrected chi connectivity index (χ2v) is 6.02. The maximum atomic E-state index is 12.9. The molecule has 0 unspecified atom stereocenters. The monoisotopic (exact) mass is 351 g/mol. The summed E-state index contributed by atoms with van der Waals surface area (Å²) < 4.78 is 18.4. The van der Waals surface area contributed by atoms with Gasteiger partial charge in [-0.1, -0.05) is 12.1 Å². The van der Waals surface area contributed by atoms with E-state index in [2.05, 4.69) is 15.5 Å². The van der Waals surface area contributed by atoms with Crippen LogP contribution in [0, 0.1) is 5.82 Å². The van der Waals surface area contributed by atoms with E-state index in [1.807, 2.05) is 19.9 Å². The molecule has 3 rings (SSSR count). The van der Waals surface area contributed by atoms with E-state index in [4.69, 9.17) is 4.74 Å². The number of aromatic nitrogens is 2. The van der Waals surface area contributed by atoms with Crippen molar-refractivity contribution in [2.75, 3.05) is 0 Å². The zero-order chi connectivity index (χ0) is 18.5. The number of hydrogen-bond acceptors (Lipinski definition) is 4. The minimum Gasteiger partial charge on any atom is -0.438 e. The minimum absolute atomic E-state index is 0.0637. The van der Waals surface area contributed by atoms with Crippen LogP contribution in [0.5, 0.6) is 11.6 Å². The van der Waals surface area contributed by atoms with E-state index in [1.165, 1.54) is 24.3 Å². The molecule has 132 valence electrons. The molecule has 0 atom stereocenters. The minimum atomic E-state index is -0.333. The Kier molecular flexibility index (Phi) is 5.22. The first-order valence-corrected chi connectivity index (χ1v) is 8.20. The van der Waals surface area contributed by atoms with Crippen LogP contribution >= 0.6 is 0 Å². The molecule has 1 heterocycles. The molecular weight excluding hydrogens is 333 g/mol. The molecule has 0 saturated heterocycles. The molecule has 6 heteroatoms. The molecule has 0 aliphatic heterocycles. The second kappa shape index (κ2) is 7.74. The molecule has 1 N–H and O–H groups in total. The van der Waals surface area contributed by atoms with Gasteiger partial charge in [0.05, 0.1) is 5.69 Å². The number of carbonyl (C=O) groups excluding carboxylic acids is 1. The summed E-state index contributed by atoms with van der Waals surface area (Å²) in [4.78, 5) is 12.1. The third-order valence-electron chi connectivity index (χ3n) is 3.52. The maximum Gasteiger partial charge on any atom is 0.251 e. The molecular formula is C20H18FN3O2. The number of halogens is 1. The lowest BCUT2D eigenvalue weighted by Gasteiger charge is -2.09. The van der Waals surface area contributed by atoms with Crippen molar-refractivity contribution in [3.05, 3.63) is 72.0 Å². The van der Waals surface area contributed by atoms with Gasteiger partial charge in [0.1, 0.15) is 11.6 Å². The predicted molar refractivity (Wildman–Crippen MR) is 96.5 cm³/mol. The average Bonchev–Trinajstić information content (AvgIpc) is 2.64. The third kappa shape index (κ3) is 4.42. The number of ether oxygens (including phenoxy) is 1. The Bertz CT molecular complexity index is 894. The summed E-state index contributed by atoms with van der Waals surface area (Å²) in [6, 6.07) is 16.3. The van der Waals surface area contributed by atoms with Crippen molar-refractivity contribution >= 4 is 5.91 Å². The van der Waals surface area contributed by atoms with Crippen LogP contribution in [0.2, 0.25) is 0 Å².